The predicted octanol–water partition coefficient (Wildman–Crippen LogP) is 3.17. The lowest BCUT2D eigenvalue weighted by Gasteiger charge is -2.18. The second-order valence-electron chi connectivity index (χ2n) is 8.51. The van der Waals surface area contributed by atoms with Crippen LogP contribution in [-0.4, -0.2) is 33.7 Å². The molecule has 0 radical (unpaired) electrons. The van der Waals surface area contributed by atoms with Crippen LogP contribution in [0.4, 0.5) is 5.82 Å². The molecule has 3 rings (SSSR count). The number of rotatable bonds is 9. The van der Waals surface area contributed by atoms with E-state index in [0.29, 0.717) is 36.5 Å². The number of phenols is 1. The molecule has 174 valence electrons. The maximum Gasteiger partial charge on any atom is 0.251 e. The number of aliphatic hydroxyl groups is 1. The van der Waals surface area contributed by atoms with E-state index in [9.17, 15) is 15.0 Å². The van der Waals surface area contributed by atoms with Crippen molar-refractivity contribution < 1.29 is 15.0 Å². The number of amides is 1. The van der Waals surface area contributed by atoms with Gasteiger partial charge in [-0.3, -0.25) is 4.79 Å². The molecular weight excluding hydrogens is 416 g/mol. The van der Waals surface area contributed by atoms with Gasteiger partial charge in [-0.25, -0.2) is 4.98 Å². The molecule has 7 heteroatoms. The van der Waals surface area contributed by atoms with Gasteiger partial charge in [-0.15, -0.1) is 0 Å². The first-order valence-electron chi connectivity index (χ1n) is 11.0. The van der Waals surface area contributed by atoms with Crippen LogP contribution in [0.5, 0.6) is 5.75 Å². The molecule has 0 aliphatic heterocycles. The summed E-state index contributed by atoms with van der Waals surface area (Å²) in [6.45, 7) is 6.51. The number of nitrogens with two attached hydrogens (primary N) is 1. The highest BCUT2D eigenvalue weighted by Gasteiger charge is 2.12. The number of aromatic hydroxyl groups is 1. The van der Waals surface area contributed by atoms with Crippen molar-refractivity contribution in [2.24, 2.45) is 0 Å². The van der Waals surface area contributed by atoms with Crippen LogP contribution in [0.2, 0.25) is 0 Å². The zero-order chi connectivity index (χ0) is 24.0. The summed E-state index contributed by atoms with van der Waals surface area (Å²) < 4.78 is 0. The van der Waals surface area contributed by atoms with E-state index in [1.807, 2.05) is 51.1 Å². The Labute approximate surface area is 194 Å². The van der Waals surface area contributed by atoms with Crippen LogP contribution in [0.1, 0.15) is 51.2 Å². The van der Waals surface area contributed by atoms with Gasteiger partial charge in [-0.1, -0.05) is 30.3 Å². The molecule has 0 saturated heterocycles. The van der Waals surface area contributed by atoms with E-state index in [1.54, 1.807) is 24.4 Å². The smallest absolute Gasteiger partial charge is 0.251 e. The van der Waals surface area contributed by atoms with Gasteiger partial charge in [0.25, 0.3) is 5.91 Å². The number of carbonyl (C=O) groups is 1. The topological polar surface area (TPSA) is 120 Å². The number of pyridine rings is 1. The number of aromatic nitrogens is 1. The number of aryl methyl sites for hydroxylation is 2. The Morgan fingerprint density at radius 3 is 2.48 bits per heavy atom. The summed E-state index contributed by atoms with van der Waals surface area (Å²) in [6, 6.07) is 14.8. The number of anilines is 1. The number of carbonyl (C=O) groups excluding carboxylic acids is 1. The Balaban J connectivity index is 1.53. The maximum absolute atomic E-state index is 12.7. The van der Waals surface area contributed by atoms with Crippen LogP contribution >= 0.6 is 0 Å². The largest absolute Gasteiger partial charge is 0.507 e. The van der Waals surface area contributed by atoms with E-state index in [-0.39, 0.29) is 17.7 Å². The lowest BCUT2D eigenvalue weighted by molar-refractivity contribution is 0.0950. The number of aliphatic hydroxyl groups excluding tert-OH is 1. The first-order chi connectivity index (χ1) is 15.7. The van der Waals surface area contributed by atoms with Gasteiger partial charge in [0.05, 0.1) is 6.10 Å². The van der Waals surface area contributed by atoms with E-state index in [0.717, 1.165) is 22.3 Å². The average Bonchev–Trinajstić information content (AvgIpc) is 2.80. The van der Waals surface area contributed by atoms with E-state index < -0.39 is 6.10 Å². The lowest BCUT2D eigenvalue weighted by atomic mass is 10.0. The van der Waals surface area contributed by atoms with E-state index in [1.165, 1.54) is 0 Å². The highest BCUT2D eigenvalue weighted by molar-refractivity contribution is 5.94. The summed E-state index contributed by atoms with van der Waals surface area (Å²) in [4.78, 5) is 16.7. The van der Waals surface area contributed by atoms with Crippen molar-refractivity contribution in [1.82, 2.24) is 15.6 Å². The molecule has 0 aliphatic carbocycles. The van der Waals surface area contributed by atoms with Crippen molar-refractivity contribution in [1.29, 1.82) is 0 Å². The van der Waals surface area contributed by atoms with Crippen LogP contribution < -0.4 is 16.4 Å². The molecule has 1 heterocycles. The third kappa shape index (κ3) is 6.78. The molecule has 1 aromatic heterocycles. The van der Waals surface area contributed by atoms with Crippen molar-refractivity contribution in [3.63, 3.8) is 0 Å². The molecule has 3 aromatic rings. The Bertz CT molecular complexity index is 1080. The number of nitrogens with zero attached hydrogens (tertiary/aromatic N) is 1. The van der Waals surface area contributed by atoms with E-state index in [2.05, 4.69) is 15.6 Å². The van der Waals surface area contributed by atoms with Crippen LogP contribution in [0.15, 0.2) is 54.7 Å². The van der Waals surface area contributed by atoms with Crippen molar-refractivity contribution in [2.75, 3.05) is 12.3 Å². The zero-order valence-corrected chi connectivity index (χ0v) is 19.3. The number of hydrogen-bond acceptors (Lipinski definition) is 6. The average molecular weight is 449 g/mol. The molecule has 0 saturated carbocycles. The fourth-order valence-electron chi connectivity index (χ4n) is 3.74. The molecule has 2 aromatic carbocycles. The highest BCUT2D eigenvalue weighted by Crippen LogP contribution is 2.23. The van der Waals surface area contributed by atoms with Gasteiger partial charge < -0.3 is 26.6 Å². The Kier molecular flexibility index (Phi) is 8.03. The number of phenolic OH excluding ortho intramolecular Hbond substituents is 1. The molecule has 2 atom stereocenters. The van der Waals surface area contributed by atoms with Crippen LogP contribution in [0.3, 0.4) is 0 Å². The molecule has 0 spiro atoms. The number of nitrogens with one attached hydrogen (secondary N) is 2. The van der Waals surface area contributed by atoms with Gasteiger partial charge in [0, 0.05) is 36.5 Å². The first kappa shape index (κ1) is 24.2. The quantitative estimate of drug-likeness (QED) is 0.343. The molecule has 0 aliphatic rings. The second kappa shape index (κ2) is 10.9. The van der Waals surface area contributed by atoms with Crippen LogP contribution in [0.25, 0.3) is 0 Å². The van der Waals surface area contributed by atoms with E-state index >= 15 is 0 Å². The molecule has 7 nitrogen and oxygen atoms in total. The van der Waals surface area contributed by atoms with Gasteiger partial charge in [-0.2, -0.15) is 0 Å². The lowest BCUT2D eigenvalue weighted by Crippen LogP contribution is -2.32. The number of benzene rings is 2. The maximum atomic E-state index is 12.7. The molecule has 0 unspecified atom stereocenters. The summed E-state index contributed by atoms with van der Waals surface area (Å²) in [6.07, 6.45) is 1.61. The monoisotopic (exact) mass is 448 g/mol. The van der Waals surface area contributed by atoms with Gasteiger partial charge in [-0.05, 0) is 67.6 Å². The van der Waals surface area contributed by atoms with Crippen molar-refractivity contribution in [3.05, 3.63) is 88.1 Å². The predicted molar refractivity (Wildman–Crippen MR) is 130 cm³/mol. The molecular formula is C26H32N4O3. The highest BCUT2D eigenvalue weighted by atomic mass is 16.3. The Morgan fingerprint density at radius 1 is 1.09 bits per heavy atom. The number of nitrogen functional groups attached to an aromatic ring is 1. The summed E-state index contributed by atoms with van der Waals surface area (Å²) in [5.74, 6) is 0.565. The van der Waals surface area contributed by atoms with Gasteiger partial charge in [0.15, 0.2) is 0 Å². The minimum absolute atomic E-state index is 0.0997. The second-order valence-corrected chi connectivity index (χ2v) is 8.51. The summed E-state index contributed by atoms with van der Waals surface area (Å²) in [5, 5.41) is 26.5. The van der Waals surface area contributed by atoms with Gasteiger partial charge >= 0.3 is 0 Å². The molecule has 1 amide bonds. The standard InChI is InChI=1S/C26H32N4O3/c1-16-9-20(10-17(2)25(16)32)13-30-26(33)21-6-4-5-19(12-21)11-18(3)28-15-23(31)22-7-8-24(27)29-14-22/h4-10,12,14,18,23,28,31-32H,11,13,15H2,1-3H3,(H2,27,29)(H,30,33)/t18-,23+/m1/s1. The third-order valence-corrected chi connectivity index (χ3v) is 5.59. The fourth-order valence-corrected chi connectivity index (χ4v) is 3.74. The molecule has 0 bridgehead atoms. The summed E-state index contributed by atoms with van der Waals surface area (Å²) in [5.41, 5.74) is 10.5. The SMILES string of the molecule is Cc1cc(CNC(=O)c2cccc(C[C@@H](C)NC[C@H](O)c3ccc(N)nc3)c2)cc(C)c1O. The van der Waals surface area contributed by atoms with Crippen LogP contribution in [-0.2, 0) is 13.0 Å². The summed E-state index contributed by atoms with van der Waals surface area (Å²) in [7, 11) is 0. The zero-order valence-electron chi connectivity index (χ0n) is 19.3. The van der Waals surface area contributed by atoms with Gasteiger partial charge in [0.1, 0.15) is 11.6 Å². The first-order valence-corrected chi connectivity index (χ1v) is 11.0. The number of hydrogen-bond donors (Lipinski definition) is 5. The van der Waals surface area contributed by atoms with Crippen molar-refractivity contribution in [3.8, 4) is 5.75 Å². The van der Waals surface area contributed by atoms with Crippen molar-refractivity contribution in [2.45, 2.75) is 45.9 Å². The minimum Gasteiger partial charge on any atom is -0.507 e. The minimum atomic E-state index is -0.676. The third-order valence-electron chi connectivity index (χ3n) is 5.59. The van der Waals surface area contributed by atoms with Crippen molar-refractivity contribution >= 4 is 11.7 Å². The molecule has 33 heavy (non-hydrogen) atoms. The fraction of sp³-hybridized carbons (Fsp3) is 0.308. The molecule has 0 fully saturated rings. The summed E-state index contributed by atoms with van der Waals surface area (Å²) >= 11 is 0. The van der Waals surface area contributed by atoms with E-state index in [4.69, 9.17) is 5.73 Å². The Hall–Kier alpha value is -3.42. The molecule has 6 N–H and O–H groups in total. The van der Waals surface area contributed by atoms with Crippen LogP contribution in [0, 0.1) is 13.8 Å². The normalized spacial score (nSPS) is 12.8. The Morgan fingerprint density at radius 2 is 1.82 bits per heavy atom. The van der Waals surface area contributed by atoms with Gasteiger partial charge in [0.2, 0.25) is 0 Å².